The second kappa shape index (κ2) is 7.58. The number of fused-ring (bicyclic) bond motifs is 1. The van der Waals surface area contributed by atoms with Crippen LogP contribution in [0.4, 0.5) is 18.9 Å². The lowest BCUT2D eigenvalue weighted by molar-refractivity contribution is -0.137. The number of nitrogens with zero attached hydrogens (tertiary/aromatic N) is 2. The molecule has 0 radical (unpaired) electrons. The van der Waals surface area contributed by atoms with Crippen molar-refractivity contribution in [2.75, 3.05) is 19.0 Å². The van der Waals surface area contributed by atoms with E-state index in [0.717, 1.165) is 45.5 Å². The van der Waals surface area contributed by atoms with E-state index in [1.54, 1.807) is 0 Å². The predicted molar refractivity (Wildman–Crippen MR) is 109 cm³/mol. The molecular formula is C19H16F3IN4O2. The third kappa shape index (κ3) is 4.09. The van der Waals surface area contributed by atoms with Gasteiger partial charge in [-0.05, 0) is 77.0 Å². The van der Waals surface area contributed by atoms with Gasteiger partial charge in [0.25, 0.3) is 5.91 Å². The number of hydrogen-bond donors (Lipinski definition) is 2. The molecule has 2 aliphatic rings. The topological polar surface area (TPSA) is 65.7 Å². The van der Waals surface area contributed by atoms with E-state index in [-0.39, 0.29) is 17.0 Å². The van der Waals surface area contributed by atoms with Crippen molar-refractivity contribution in [1.29, 1.82) is 0 Å². The molecule has 6 nitrogen and oxygen atoms in total. The van der Waals surface area contributed by atoms with Crippen LogP contribution in [0.1, 0.15) is 32.6 Å². The lowest BCUT2D eigenvalue weighted by Crippen LogP contribution is -2.25. The summed E-state index contributed by atoms with van der Waals surface area (Å²) in [5.74, 6) is -0.341. The SMILES string of the molecule is CON1N=C1c1cc(C(F)(F)F)ccc1C(=O)Nc1cc(I)c2c(c1)CNCC2. The van der Waals surface area contributed by atoms with Crippen molar-refractivity contribution >= 4 is 40.0 Å². The number of hydrazone groups is 1. The molecule has 0 saturated carbocycles. The molecule has 0 unspecified atom stereocenters. The number of hydroxylamine groups is 1. The molecule has 0 saturated heterocycles. The van der Waals surface area contributed by atoms with E-state index in [9.17, 15) is 18.0 Å². The minimum atomic E-state index is -4.53. The van der Waals surface area contributed by atoms with E-state index in [1.807, 2.05) is 12.1 Å². The first-order valence-electron chi connectivity index (χ1n) is 8.76. The zero-order valence-electron chi connectivity index (χ0n) is 15.2. The molecule has 0 aromatic heterocycles. The number of carbonyl (C=O) groups excluding carboxylic acids is 1. The number of alkyl halides is 3. The molecule has 0 spiro atoms. The molecule has 2 N–H and O–H groups in total. The van der Waals surface area contributed by atoms with E-state index in [1.165, 1.54) is 12.7 Å². The summed E-state index contributed by atoms with van der Waals surface area (Å²) in [5.41, 5.74) is 2.23. The summed E-state index contributed by atoms with van der Waals surface area (Å²) in [4.78, 5) is 17.8. The largest absolute Gasteiger partial charge is 0.416 e. The molecule has 2 heterocycles. The maximum absolute atomic E-state index is 13.1. The predicted octanol–water partition coefficient (Wildman–Crippen LogP) is 3.75. The number of amidine groups is 1. The van der Waals surface area contributed by atoms with Gasteiger partial charge in [-0.1, -0.05) is 0 Å². The zero-order valence-corrected chi connectivity index (χ0v) is 17.4. The van der Waals surface area contributed by atoms with Crippen LogP contribution >= 0.6 is 22.6 Å². The summed E-state index contributed by atoms with van der Waals surface area (Å²) >= 11 is 2.23. The summed E-state index contributed by atoms with van der Waals surface area (Å²) in [6.07, 6.45) is -3.61. The van der Waals surface area contributed by atoms with Crippen LogP contribution in [-0.2, 0) is 24.0 Å². The summed E-state index contributed by atoms with van der Waals surface area (Å²) < 4.78 is 40.4. The Morgan fingerprint density at radius 2 is 2.10 bits per heavy atom. The minimum absolute atomic E-state index is 0.0634. The number of anilines is 1. The first-order chi connectivity index (χ1) is 13.8. The van der Waals surface area contributed by atoms with Gasteiger partial charge in [0, 0.05) is 21.4 Å². The average molecular weight is 516 g/mol. The highest BCUT2D eigenvalue weighted by Crippen LogP contribution is 2.33. The number of benzene rings is 2. The molecule has 29 heavy (non-hydrogen) atoms. The van der Waals surface area contributed by atoms with Crippen LogP contribution < -0.4 is 10.6 Å². The average Bonchev–Trinajstić information content (AvgIpc) is 3.46. The van der Waals surface area contributed by atoms with Gasteiger partial charge in [0.15, 0.2) is 0 Å². The first kappa shape index (κ1) is 20.1. The maximum Gasteiger partial charge on any atom is 0.416 e. The molecular weight excluding hydrogens is 500 g/mol. The number of hydrogen-bond acceptors (Lipinski definition) is 5. The number of nitrogens with one attached hydrogen (secondary N) is 2. The zero-order chi connectivity index (χ0) is 20.8. The Hall–Kier alpha value is -2.18. The van der Waals surface area contributed by atoms with Gasteiger partial charge in [0.05, 0.1) is 18.2 Å². The fraction of sp³-hybridized carbons (Fsp3) is 0.263. The standard InChI is InChI=1S/C19H16F3IN4O2/c1-29-27-17(26-27)15-7-11(19(20,21)22)2-3-14(15)18(28)25-12-6-10-9-24-5-4-13(10)16(23)8-12/h2-3,6-8,24H,4-5,9H2,1H3,(H,25,28). The van der Waals surface area contributed by atoms with Crippen molar-refractivity contribution in [3.05, 3.63) is 61.7 Å². The van der Waals surface area contributed by atoms with E-state index in [4.69, 9.17) is 4.84 Å². The third-order valence-corrected chi connectivity index (χ3v) is 5.71. The van der Waals surface area contributed by atoms with Crippen LogP contribution in [0.15, 0.2) is 35.4 Å². The Bertz CT molecular complexity index is 1020. The van der Waals surface area contributed by atoms with Gasteiger partial charge in [-0.3, -0.25) is 9.63 Å². The van der Waals surface area contributed by atoms with Gasteiger partial charge in [0.1, 0.15) is 0 Å². The van der Waals surface area contributed by atoms with Crippen LogP contribution in [-0.4, -0.2) is 30.6 Å². The molecule has 2 aromatic rings. The van der Waals surface area contributed by atoms with Crippen molar-refractivity contribution in [3.63, 3.8) is 0 Å². The summed E-state index contributed by atoms with van der Waals surface area (Å²) in [5, 5.41) is 11.0. The van der Waals surface area contributed by atoms with E-state index < -0.39 is 17.6 Å². The van der Waals surface area contributed by atoms with Gasteiger partial charge in [-0.25, -0.2) is 0 Å². The molecule has 2 aromatic carbocycles. The Labute approximate surface area is 178 Å². The number of halogens is 4. The monoisotopic (exact) mass is 516 g/mol. The number of amides is 1. The van der Waals surface area contributed by atoms with Gasteiger partial charge in [-0.15, -0.1) is 10.3 Å². The quantitative estimate of drug-likeness (QED) is 0.608. The third-order valence-electron chi connectivity index (χ3n) is 4.75. The van der Waals surface area contributed by atoms with Crippen molar-refractivity contribution in [2.24, 2.45) is 5.10 Å². The second-order valence-corrected chi connectivity index (χ2v) is 7.78. The minimum Gasteiger partial charge on any atom is -0.322 e. The fourth-order valence-electron chi connectivity index (χ4n) is 3.29. The molecule has 152 valence electrons. The fourth-order valence-corrected chi connectivity index (χ4v) is 4.24. The van der Waals surface area contributed by atoms with Crippen LogP contribution in [0.25, 0.3) is 0 Å². The maximum atomic E-state index is 13.1. The van der Waals surface area contributed by atoms with E-state index in [0.29, 0.717) is 12.2 Å². The summed E-state index contributed by atoms with van der Waals surface area (Å²) in [6, 6.07) is 6.71. The molecule has 1 amide bonds. The molecule has 0 atom stereocenters. The molecule has 4 rings (SSSR count). The van der Waals surface area contributed by atoms with E-state index >= 15 is 0 Å². The van der Waals surface area contributed by atoms with Crippen molar-refractivity contribution in [2.45, 2.75) is 19.1 Å². The summed E-state index contributed by atoms with van der Waals surface area (Å²) in [6.45, 7) is 1.61. The van der Waals surface area contributed by atoms with Crippen LogP contribution in [0, 0.1) is 3.57 Å². The molecule has 2 aliphatic heterocycles. The molecule has 0 aliphatic carbocycles. The van der Waals surface area contributed by atoms with Gasteiger partial charge >= 0.3 is 6.18 Å². The Morgan fingerprint density at radius 3 is 2.79 bits per heavy atom. The van der Waals surface area contributed by atoms with Gasteiger partial charge < -0.3 is 10.6 Å². The Kier molecular flexibility index (Phi) is 5.25. The van der Waals surface area contributed by atoms with Crippen molar-refractivity contribution in [3.8, 4) is 0 Å². The Morgan fingerprint density at radius 1 is 1.31 bits per heavy atom. The molecule has 0 bridgehead atoms. The highest BCUT2D eigenvalue weighted by Gasteiger charge is 2.36. The highest BCUT2D eigenvalue weighted by atomic mass is 127. The van der Waals surface area contributed by atoms with Crippen molar-refractivity contribution in [1.82, 2.24) is 10.5 Å². The Balaban J connectivity index is 1.65. The van der Waals surface area contributed by atoms with Crippen LogP contribution in [0.5, 0.6) is 0 Å². The number of rotatable bonds is 4. The molecule has 0 fully saturated rings. The smallest absolute Gasteiger partial charge is 0.322 e. The highest BCUT2D eigenvalue weighted by molar-refractivity contribution is 14.1. The molecule has 10 heteroatoms. The number of carbonyl (C=O) groups is 1. The normalized spacial score (nSPS) is 15.6. The first-order valence-corrected chi connectivity index (χ1v) is 9.83. The van der Waals surface area contributed by atoms with Crippen molar-refractivity contribution < 1.29 is 22.8 Å². The lowest BCUT2D eigenvalue weighted by atomic mass is 10.00. The summed E-state index contributed by atoms with van der Waals surface area (Å²) in [7, 11) is 1.34. The van der Waals surface area contributed by atoms with Crippen LogP contribution in [0.3, 0.4) is 0 Å². The van der Waals surface area contributed by atoms with Gasteiger partial charge in [0.2, 0.25) is 5.84 Å². The lowest BCUT2D eigenvalue weighted by Gasteiger charge is -2.20. The van der Waals surface area contributed by atoms with Crippen LogP contribution in [0.2, 0.25) is 0 Å². The van der Waals surface area contributed by atoms with Gasteiger partial charge in [-0.2, -0.15) is 13.2 Å². The second-order valence-electron chi connectivity index (χ2n) is 6.61. The van der Waals surface area contributed by atoms with E-state index in [2.05, 4.69) is 38.3 Å².